The zero-order valence-electron chi connectivity index (χ0n) is 12.7. The molecule has 20 heavy (non-hydrogen) atoms. The summed E-state index contributed by atoms with van der Waals surface area (Å²) in [6.45, 7) is 6.32. The third kappa shape index (κ3) is 4.87. The van der Waals surface area contributed by atoms with Gasteiger partial charge in [0, 0.05) is 19.6 Å². The van der Waals surface area contributed by atoms with E-state index >= 15 is 0 Å². The average molecular weight is 303 g/mol. The van der Waals surface area contributed by atoms with Gasteiger partial charge in [0.05, 0.1) is 12.2 Å². The second-order valence-corrected chi connectivity index (χ2v) is 6.74. The maximum atomic E-state index is 6.25. The van der Waals surface area contributed by atoms with E-state index in [0.29, 0.717) is 12.2 Å². The van der Waals surface area contributed by atoms with Crippen LogP contribution in [0.15, 0.2) is 0 Å². The molecule has 0 aromatic heterocycles. The molecule has 118 valence electrons. The van der Waals surface area contributed by atoms with E-state index in [1.165, 1.54) is 84.1 Å². The number of hydrogen-bond acceptors (Lipinski definition) is 3. The molecule has 3 fully saturated rings. The Hall–Kier alpha value is 0.170. The first-order valence-corrected chi connectivity index (χ1v) is 8.48. The minimum Gasteiger partial charge on any atom is -0.375 e. The third-order valence-corrected chi connectivity index (χ3v) is 5.20. The number of rotatable bonds is 4. The van der Waals surface area contributed by atoms with Gasteiger partial charge in [0.15, 0.2) is 0 Å². The summed E-state index contributed by atoms with van der Waals surface area (Å²) < 4.78 is 6.25. The third-order valence-electron chi connectivity index (χ3n) is 5.20. The van der Waals surface area contributed by atoms with E-state index in [1.807, 2.05) is 0 Å². The van der Waals surface area contributed by atoms with Crippen LogP contribution < -0.4 is 5.32 Å². The van der Waals surface area contributed by atoms with Crippen molar-refractivity contribution in [1.29, 1.82) is 0 Å². The number of ether oxygens (including phenoxy) is 1. The van der Waals surface area contributed by atoms with Crippen molar-refractivity contribution in [2.45, 2.75) is 63.6 Å². The first-order chi connectivity index (χ1) is 9.40. The molecule has 2 saturated heterocycles. The summed E-state index contributed by atoms with van der Waals surface area (Å²) in [4.78, 5) is 2.69. The van der Waals surface area contributed by atoms with Crippen LogP contribution in [0, 0.1) is 5.92 Å². The maximum absolute atomic E-state index is 6.25. The standard InChI is InChI=1S/C16H30N2O.ClH/c1-2-4-15(3-1)19-16-7-11-18(12-8-16)13-14-5-9-17-10-6-14;/h14-17H,1-13H2;1H. The van der Waals surface area contributed by atoms with Crippen LogP contribution in [0.4, 0.5) is 0 Å². The minimum absolute atomic E-state index is 0. The molecule has 0 aromatic rings. The minimum atomic E-state index is 0. The molecule has 0 aromatic carbocycles. The summed E-state index contributed by atoms with van der Waals surface area (Å²) in [7, 11) is 0. The lowest BCUT2D eigenvalue weighted by atomic mass is 9.96. The van der Waals surface area contributed by atoms with Gasteiger partial charge in [-0.25, -0.2) is 0 Å². The number of hydrogen-bond donors (Lipinski definition) is 1. The van der Waals surface area contributed by atoms with Crippen LogP contribution in [0.1, 0.15) is 51.4 Å². The molecule has 0 spiro atoms. The van der Waals surface area contributed by atoms with Gasteiger partial charge in [0.2, 0.25) is 0 Å². The van der Waals surface area contributed by atoms with E-state index in [-0.39, 0.29) is 12.4 Å². The summed E-state index contributed by atoms with van der Waals surface area (Å²) in [6, 6.07) is 0. The topological polar surface area (TPSA) is 24.5 Å². The molecule has 0 unspecified atom stereocenters. The quantitative estimate of drug-likeness (QED) is 0.864. The Morgan fingerprint density at radius 1 is 0.850 bits per heavy atom. The maximum Gasteiger partial charge on any atom is 0.0603 e. The second-order valence-electron chi connectivity index (χ2n) is 6.74. The number of halogens is 1. The van der Waals surface area contributed by atoms with Gasteiger partial charge in [-0.15, -0.1) is 12.4 Å². The first-order valence-electron chi connectivity index (χ1n) is 8.48. The van der Waals surface area contributed by atoms with Crippen molar-refractivity contribution in [3.63, 3.8) is 0 Å². The Morgan fingerprint density at radius 2 is 1.45 bits per heavy atom. The van der Waals surface area contributed by atoms with E-state index in [2.05, 4.69) is 10.2 Å². The van der Waals surface area contributed by atoms with Gasteiger partial charge >= 0.3 is 0 Å². The van der Waals surface area contributed by atoms with E-state index in [0.717, 1.165) is 5.92 Å². The Morgan fingerprint density at radius 3 is 2.10 bits per heavy atom. The molecule has 0 bridgehead atoms. The second kappa shape index (κ2) is 8.57. The van der Waals surface area contributed by atoms with E-state index < -0.39 is 0 Å². The van der Waals surface area contributed by atoms with Crippen molar-refractivity contribution >= 4 is 12.4 Å². The number of nitrogens with one attached hydrogen (secondary N) is 1. The predicted molar refractivity (Wildman–Crippen MR) is 85.6 cm³/mol. The van der Waals surface area contributed by atoms with Crippen LogP contribution in [-0.4, -0.2) is 49.8 Å². The average Bonchev–Trinajstić information content (AvgIpc) is 2.95. The Kier molecular flexibility index (Phi) is 7.09. The fraction of sp³-hybridized carbons (Fsp3) is 1.00. The summed E-state index contributed by atoms with van der Waals surface area (Å²) >= 11 is 0. The molecule has 1 aliphatic carbocycles. The van der Waals surface area contributed by atoms with Crippen LogP contribution in [0.5, 0.6) is 0 Å². The summed E-state index contributed by atoms with van der Waals surface area (Å²) in [5, 5.41) is 3.46. The predicted octanol–water partition coefficient (Wildman–Crippen LogP) is 2.83. The van der Waals surface area contributed by atoms with E-state index in [4.69, 9.17) is 4.74 Å². The zero-order valence-corrected chi connectivity index (χ0v) is 13.5. The number of nitrogens with zero attached hydrogens (tertiary/aromatic N) is 1. The zero-order chi connectivity index (χ0) is 12.9. The smallest absolute Gasteiger partial charge is 0.0603 e. The van der Waals surface area contributed by atoms with Crippen molar-refractivity contribution in [3.05, 3.63) is 0 Å². The van der Waals surface area contributed by atoms with Crippen molar-refractivity contribution in [3.8, 4) is 0 Å². The highest BCUT2D eigenvalue weighted by Gasteiger charge is 2.26. The van der Waals surface area contributed by atoms with Gasteiger partial charge < -0.3 is 15.0 Å². The lowest BCUT2D eigenvalue weighted by molar-refractivity contribution is -0.0409. The Balaban J connectivity index is 0.00000147. The summed E-state index contributed by atoms with van der Waals surface area (Å²) in [5.74, 6) is 0.938. The lowest BCUT2D eigenvalue weighted by Gasteiger charge is -2.36. The van der Waals surface area contributed by atoms with Crippen molar-refractivity contribution in [2.75, 3.05) is 32.7 Å². The molecule has 4 heteroatoms. The molecule has 0 amide bonds. The highest BCUT2D eigenvalue weighted by atomic mass is 35.5. The largest absolute Gasteiger partial charge is 0.375 e. The molecule has 2 aliphatic heterocycles. The number of likely N-dealkylation sites (tertiary alicyclic amines) is 1. The molecule has 3 aliphatic rings. The van der Waals surface area contributed by atoms with Crippen LogP contribution >= 0.6 is 12.4 Å². The molecule has 1 N–H and O–H groups in total. The van der Waals surface area contributed by atoms with Crippen LogP contribution in [-0.2, 0) is 4.74 Å². The summed E-state index contributed by atoms with van der Waals surface area (Å²) in [5.41, 5.74) is 0. The van der Waals surface area contributed by atoms with Crippen molar-refractivity contribution in [2.24, 2.45) is 5.92 Å². The van der Waals surface area contributed by atoms with E-state index in [9.17, 15) is 0 Å². The van der Waals surface area contributed by atoms with Crippen molar-refractivity contribution in [1.82, 2.24) is 10.2 Å². The van der Waals surface area contributed by atoms with Gasteiger partial charge in [-0.3, -0.25) is 0 Å². The highest BCUT2D eigenvalue weighted by Crippen LogP contribution is 2.26. The van der Waals surface area contributed by atoms with Crippen LogP contribution in [0.25, 0.3) is 0 Å². The normalized spacial score (nSPS) is 27.6. The van der Waals surface area contributed by atoms with Crippen LogP contribution in [0.3, 0.4) is 0 Å². The fourth-order valence-corrected chi connectivity index (χ4v) is 3.95. The molecule has 0 radical (unpaired) electrons. The monoisotopic (exact) mass is 302 g/mol. The SMILES string of the molecule is C1CCC(OC2CCN(CC3CCNCC3)CC2)C1.Cl. The van der Waals surface area contributed by atoms with Gasteiger partial charge in [-0.1, -0.05) is 12.8 Å². The fourth-order valence-electron chi connectivity index (χ4n) is 3.95. The Bertz CT molecular complexity index is 257. The van der Waals surface area contributed by atoms with Gasteiger partial charge in [-0.05, 0) is 57.5 Å². The number of piperidine rings is 2. The molecule has 3 rings (SSSR count). The van der Waals surface area contributed by atoms with Gasteiger partial charge in [0.25, 0.3) is 0 Å². The van der Waals surface area contributed by atoms with Gasteiger partial charge in [0.1, 0.15) is 0 Å². The summed E-state index contributed by atoms with van der Waals surface area (Å²) in [6.07, 6.45) is 11.8. The molecular weight excluding hydrogens is 272 g/mol. The van der Waals surface area contributed by atoms with Gasteiger partial charge in [-0.2, -0.15) is 0 Å². The van der Waals surface area contributed by atoms with Crippen molar-refractivity contribution < 1.29 is 4.74 Å². The first kappa shape index (κ1) is 16.5. The molecule has 3 nitrogen and oxygen atoms in total. The lowest BCUT2D eigenvalue weighted by Crippen LogP contribution is -2.42. The molecular formula is C16H31ClN2O. The highest BCUT2D eigenvalue weighted by molar-refractivity contribution is 5.85. The Labute approximate surface area is 130 Å². The van der Waals surface area contributed by atoms with E-state index in [1.54, 1.807) is 0 Å². The van der Waals surface area contributed by atoms with Crippen LogP contribution in [0.2, 0.25) is 0 Å². The molecule has 1 saturated carbocycles. The molecule has 2 heterocycles. The molecule has 0 atom stereocenters.